The fraction of sp³-hybridized carbons (Fsp3) is 0.500. The first-order valence-electron chi connectivity index (χ1n) is 5.50. The van der Waals surface area contributed by atoms with E-state index in [1.807, 2.05) is 0 Å². The Morgan fingerprint density at radius 2 is 2.06 bits per heavy atom. The topological polar surface area (TPSA) is 48.3 Å². The van der Waals surface area contributed by atoms with Crippen LogP contribution in [0.5, 0.6) is 5.75 Å². The normalized spacial score (nSPS) is 14.4. The highest BCUT2D eigenvalue weighted by Gasteiger charge is 2.17. The lowest BCUT2D eigenvalue weighted by atomic mass is 9.95. The maximum absolute atomic E-state index is 11.9. The Bertz CT molecular complexity index is 488. The summed E-state index contributed by atoms with van der Waals surface area (Å²) in [6.45, 7) is 1.30. The Morgan fingerprint density at radius 3 is 2.75 bits per heavy atom. The molecule has 0 N–H and O–H groups in total. The summed E-state index contributed by atoms with van der Waals surface area (Å²) in [6.07, 6.45) is 4.14. The third-order valence-electron chi connectivity index (χ3n) is 2.96. The second kappa shape index (κ2) is 4.12. The number of hydrogen-bond acceptors (Lipinski definition) is 3. The lowest BCUT2D eigenvalue weighted by Crippen LogP contribution is -2.26. The molecule has 0 atom stereocenters. The standard InChI is InChI=1S/C12H15NO3/c1-8(14)16-11-7-9-5-3-4-6-10(9)13(2)12(11)15/h7H,3-6H2,1-2H3. The number of rotatable bonds is 1. The van der Waals surface area contributed by atoms with Crippen LogP contribution in [0.4, 0.5) is 0 Å². The van der Waals surface area contributed by atoms with Crippen molar-refractivity contribution in [2.75, 3.05) is 0 Å². The van der Waals surface area contributed by atoms with Crippen molar-refractivity contribution in [1.82, 2.24) is 4.57 Å². The van der Waals surface area contributed by atoms with E-state index in [9.17, 15) is 9.59 Å². The fourth-order valence-corrected chi connectivity index (χ4v) is 2.19. The van der Waals surface area contributed by atoms with Crippen LogP contribution in [0, 0.1) is 0 Å². The molecular weight excluding hydrogens is 206 g/mol. The SMILES string of the molecule is CC(=O)Oc1cc2c(n(C)c1=O)CCCC2. The van der Waals surface area contributed by atoms with Gasteiger partial charge in [0.1, 0.15) is 0 Å². The molecule has 4 heteroatoms. The number of fused-ring (bicyclic) bond motifs is 1. The van der Waals surface area contributed by atoms with E-state index in [0.717, 1.165) is 36.9 Å². The van der Waals surface area contributed by atoms with Crippen molar-refractivity contribution in [3.05, 3.63) is 27.7 Å². The summed E-state index contributed by atoms with van der Waals surface area (Å²) < 4.78 is 6.52. The van der Waals surface area contributed by atoms with Crippen molar-refractivity contribution in [1.29, 1.82) is 0 Å². The average Bonchev–Trinajstić information content (AvgIpc) is 2.25. The Morgan fingerprint density at radius 1 is 1.38 bits per heavy atom. The molecule has 0 unspecified atom stereocenters. The Hall–Kier alpha value is -1.58. The lowest BCUT2D eigenvalue weighted by molar-refractivity contribution is -0.132. The number of carbonyl (C=O) groups excluding carboxylic acids is 1. The molecule has 0 saturated heterocycles. The minimum atomic E-state index is -0.451. The molecule has 0 amide bonds. The van der Waals surface area contributed by atoms with Crippen LogP contribution in [-0.2, 0) is 24.7 Å². The van der Waals surface area contributed by atoms with Gasteiger partial charge in [0.15, 0.2) is 5.75 Å². The second-order valence-electron chi connectivity index (χ2n) is 4.15. The van der Waals surface area contributed by atoms with Crippen molar-refractivity contribution in [2.45, 2.75) is 32.6 Å². The van der Waals surface area contributed by atoms with E-state index in [4.69, 9.17) is 4.74 Å². The molecule has 4 nitrogen and oxygen atoms in total. The Labute approximate surface area is 93.8 Å². The van der Waals surface area contributed by atoms with Gasteiger partial charge in [-0.25, -0.2) is 0 Å². The molecule has 2 rings (SSSR count). The van der Waals surface area contributed by atoms with E-state index in [-0.39, 0.29) is 11.3 Å². The van der Waals surface area contributed by atoms with E-state index < -0.39 is 5.97 Å². The lowest BCUT2D eigenvalue weighted by Gasteiger charge is -2.19. The number of hydrogen-bond donors (Lipinski definition) is 0. The number of carbonyl (C=O) groups is 1. The van der Waals surface area contributed by atoms with E-state index in [1.54, 1.807) is 17.7 Å². The average molecular weight is 221 g/mol. The minimum absolute atomic E-state index is 0.149. The zero-order valence-corrected chi connectivity index (χ0v) is 9.58. The Balaban J connectivity index is 2.52. The summed E-state index contributed by atoms with van der Waals surface area (Å²) in [5.41, 5.74) is 1.98. The molecule has 0 radical (unpaired) electrons. The van der Waals surface area contributed by atoms with Gasteiger partial charge in [-0.05, 0) is 37.3 Å². The molecule has 1 heterocycles. The van der Waals surface area contributed by atoms with Crippen LogP contribution < -0.4 is 10.3 Å². The second-order valence-corrected chi connectivity index (χ2v) is 4.15. The predicted molar refractivity (Wildman–Crippen MR) is 59.6 cm³/mol. The van der Waals surface area contributed by atoms with Gasteiger partial charge in [0.2, 0.25) is 0 Å². The third kappa shape index (κ3) is 1.87. The van der Waals surface area contributed by atoms with Gasteiger partial charge in [-0.2, -0.15) is 0 Å². The van der Waals surface area contributed by atoms with E-state index in [2.05, 4.69) is 0 Å². The molecule has 0 spiro atoms. The first kappa shape index (κ1) is 10.9. The largest absolute Gasteiger partial charge is 0.421 e. The Kier molecular flexibility index (Phi) is 2.81. The monoisotopic (exact) mass is 221 g/mol. The fourth-order valence-electron chi connectivity index (χ4n) is 2.19. The molecule has 86 valence electrons. The molecular formula is C12H15NO3. The summed E-state index contributed by atoms with van der Waals surface area (Å²) in [5.74, 6) is -0.302. The molecule has 0 bridgehead atoms. The van der Waals surface area contributed by atoms with Crippen molar-refractivity contribution in [2.24, 2.45) is 7.05 Å². The van der Waals surface area contributed by atoms with Crippen molar-refractivity contribution in [3.63, 3.8) is 0 Å². The molecule has 0 fully saturated rings. The quantitative estimate of drug-likeness (QED) is 0.669. The van der Waals surface area contributed by atoms with E-state index in [0.29, 0.717) is 0 Å². The van der Waals surface area contributed by atoms with Gasteiger partial charge < -0.3 is 9.30 Å². The van der Waals surface area contributed by atoms with Crippen LogP contribution in [0.25, 0.3) is 0 Å². The smallest absolute Gasteiger partial charge is 0.308 e. The van der Waals surface area contributed by atoms with Crippen LogP contribution in [0.2, 0.25) is 0 Å². The van der Waals surface area contributed by atoms with Gasteiger partial charge in [-0.3, -0.25) is 9.59 Å². The summed E-state index contributed by atoms with van der Waals surface area (Å²) in [6, 6.07) is 1.72. The molecule has 0 saturated carbocycles. The van der Waals surface area contributed by atoms with Crippen LogP contribution in [0.3, 0.4) is 0 Å². The van der Waals surface area contributed by atoms with Crippen molar-refractivity contribution in [3.8, 4) is 5.75 Å². The van der Waals surface area contributed by atoms with Gasteiger partial charge in [-0.1, -0.05) is 0 Å². The van der Waals surface area contributed by atoms with Crippen LogP contribution in [0.1, 0.15) is 31.0 Å². The summed E-state index contributed by atoms with van der Waals surface area (Å²) in [7, 11) is 1.74. The highest BCUT2D eigenvalue weighted by Crippen LogP contribution is 2.22. The number of pyridine rings is 1. The van der Waals surface area contributed by atoms with Gasteiger partial charge in [0.25, 0.3) is 5.56 Å². The molecule has 1 aromatic heterocycles. The highest BCUT2D eigenvalue weighted by atomic mass is 16.5. The summed E-state index contributed by atoms with van der Waals surface area (Å²) in [4.78, 5) is 22.7. The molecule has 1 aliphatic rings. The van der Waals surface area contributed by atoms with Crippen molar-refractivity contribution < 1.29 is 9.53 Å². The first-order valence-corrected chi connectivity index (χ1v) is 5.50. The maximum atomic E-state index is 11.9. The zero-order valence-electron chi connectivity index (χ0n) is 9.58. The summed E-state index contributed by atoms with van der Waals surface area (Å²) >= 11 is 0. The molecule has 0 aliphatic heterocycles. The molecule has 0 aromatic carbocycles. The molecule has 16 heavy (non-hydrogen) atoms. The van der Waals surface area contributed by atoms with Gasteiger partial charge in [0, 0.05) is 19.7 Å². The van der Waals surface area contributed by atoms with Crippen LogP contribution in [-0.4, -0.2) is 10.5 Å². The van der Waals surface area contributed by atoms with Crippen LogP contribution in [0.15, 0.2) is 10.9 Å². The van der Waals surface area contributed by atoms with E-state index >= 15 is 0 Å². The predicted octanol–water partition coefficient (Wildman–Crippen LogP) is 1.19. The molecule has 1 aliphatic carbocycles. The summed E-state index contributed by atoms with van der Waals surface area (Å²) in [5, 5.41) is 0. The molecule has 1 aromatic rings. The number of aryl methyl sites for hydroxylation is 1. The zero-order chi connectivity index (χ0) is 11.7. The minimum Gasteiger partial charge on any atom is -0.421 e. The number of aromatic nitrogens is 1. The van der Waals surface area contributed by atoms with Gasteiger partial charge >= 0.3 is 5.97 Å². The maximum Gasteiger partial charge on any atom is 0.308 e. The van der Waals surface area contributed by atoms with E-state index in [1.165, 1.54) is 6.92 Å². The van der Waals surface area contributed by atoms with Gasteiger partial charge in [-0.15, -0.1) is 0 Å². The van der Waals surface area contributed by atoms with Gasteiger partial charge in [0.05, 0.1) is 0 Å². The first-order chi connectivity index (χ1) is 7.59. The number of esters is 1. The third-order valence-corrected chi connectivity index (χ3v) is 2.96. The highest BCUT2D eigenvalue weighted by molar-refractivity contribution is 5.69. The number of nitrogens with zero attached hydrogens (tertiary/aromatic N) is 1. The van der Waals surface area contributed by atoms with Crippen molar-refractivity contribution >= 4 is 5.97 Å². The number of ether oxygens (including phenoxy) is 1. The van der Waals surface area contributed by atoms with Crippen LogP contribution >= 0.6 is 0 Å².